The van der Waals surface area contributed by atoms with E-state index in [9.17, 15) is 10.2 Å². The third-order valence-electron chi connectivity index (χ3n) is 8.42. The zero-order valence-corrected chi connectivity index (χ0v) is 19.7. The standard InChI is InChI=1S/C28H42O2/c1-18(2)19(3)9-10-20(4)25-13-14-26-22(8-7-15-28(25,26)6)11-12-23-16-24(29)17-27(30)21(23)5/h8-12,19-20,24-27,29-30H,1,7,13-17H2,2-6H3/b10-9+,12-11-/t19-,20+,24+,25?,26?,27-,28+/m0/s1. The van der Waals surface area contributed by atoms with Crippen LogP contribution in [-0.4, -0.2) is 22.4 Å². The molecule has 1 saturated carbocycles. The highest BCUT2D eigenvalue weighted by Crippen LogP contribution is 2.58. The second kappa shape index (κ2) is 9.40. The minimum atomic E-state index is -0.510. The van der Waals surface area contributed by atoms with Crippen LogP contribution >= 0.6 is 0 Å². The van der Waals surface area contributed by atoms with E-state index >= 15 is 0 Å². The number of fused-ring (bicyclic) bond motifs is 1. The molecule has 0 aromatic heterocycles. The van der Waals surface area contributed by atoms with Gasteiger partial charge >= 0.3 is 0 Å². The zero-order chi connectivity index (χ0) is 22.1. The number of aliphatic hydroxyl groups excluding tert-OH is 2. The molecule has 3 aliphatic rings. The van der Waals surface area contributed by atoms with Crippen LogP contribution in [0.2, 0.25) is 0 Å². The average Bonchev–Trinajstić information content (AvgIpc) is 3.04. The molecule has 30 heavy (non-hydrogen) atoms. The molecule has 3 aliphatic carbocycles. The number of aliphatic hydroxyl groups is 2. The fraction of sp³-hybridized carbons (Fsp3) is 0.643. The molecule has 7 atom stereocenters. The second-order valence-electron chi connectivity index (χ2n) is 10.5. The smallest absolute Gasteiger partial charge is 0.0777 e. The highest BCUT2D eigenvalue weighted by molar-refractivity contribution is 5.37. The summed E-state index contributed by atoms with van der Waals surface area (Å²) in [6, 6.07) is 0. The van der Waals surface area contributed by atoms with Crippen LogP contribution in [0, 0.1) is 29.1 Å². The lowest BCUT2D eigenvalue weighted by Crippen LogP contribution is -2.34. The first-order valence-corrected chi connectivity index (χ1v) is 11.9. The van der Waals surface area contributed by atoms with Gasteiger partial charge in [0, 0.05) is 6.42 Å². The van der Waals surface area contributed by atoms with Gasteiger partial charge in [-0.15, -0.1) is 0 Å². The minimum absolute atomic E-state index is 0.347. The molecule has 0 aromatic carbocycles. The lowest BCUT2D eigenvalue weighted by molar-refractivity contribution is 0.0879. The Bertz CT molecular complexity index is 768. The Morgan fingerprint density at radius 1 is 1.20 bits per heavy atom. The van der Waals surface area contributed by atoms with E-state index < -0.39 is 12.2 Å². The highest BCUT2D eigenvalue weighted by Gasteiger charge is 2.49. The molecule has 2 nitrogen and oxygen atoms in total. The molecule has 0 radical (unpaired) electrons. The molecule has 0 aromatic rings. The Kier molecular flexibility index (Phi) is 7.30. The van der Waals surface area contributed by atoms with Gasteiger partial charge in [-0.25, -0.2) is 0 Å². The van der Waals surface area contributed by atoms with Crippen molar-refractivity contribution < 1.29 is 10.2 Å². The molecule has 0 bridgehead atoms. The maximum atomic E-state index is 10.2. The van der Waals surface area contributed by atoms with E-state index in [0.29, 0.717) is 41.9 Å². The van der Waals surface area contributed by atoms with Crippen molar-refractivity contribution in [1.82, 2.24) is 0 Å². The summed E-state index contributed by atoms with van der Waals surface area (Å²) in [5.74, 6) is 2.35. The first kappa shape index (κ1) is 23.3. The molecule has 2 unspecified atom stereocenters. The highest BCUT2D eigenvalue weighted by atomic mass is 16.3. The van der Waals surface area contributed by atoms with Gasteiger partial charge in [-0.3, -0.25) is 0 Å². The second-order valence-corrected chi connectivity index (χ2v) is 10.5. The van der Waals surface area contributed by atoms with Crippen molar-refractivity contribution >= 4 is 0 Å². The quantitative estimate of drug-likeness (QED) is 0.489. The van der Waals surface area contributed by atoms with Crippen LogP contribution in [0.1, 0.15) is 73.1 Å². The Hall–Kier alpha value is -1.38. The maximum Gasteiger partial charge on any atom is 0.0777 e. The van der Waals surface area contributed by atoms with Crippen molar-refractivity contribution in [3.8, 4) is 0 Å². The molecule has 1 fully saturated rings. The number of rotatable bonds is 6. The fourth-order valence-electron chi connectivity index (χ4n) is 6.09. The molecule has 0 heterocycles. The number of hydrogen-bond acceptors (Lipinski definition) is 2. The Morgan fingerprint density at radius 2 is 1.93 bits per heavy atom. The van der Waals surface area contributed by atoms with Gasteiger partial charge in [0.15, 0.2) is 0 Å². The van der Waals surface area contributed by atoms with Gasteiger partial charge in [0.2, 0.25) is 0 Å². The lowest BCUT2D eigenvalue weighted by Gasteiger charge is -2.42. The van der Waals surface area contributed by atoms with Crippen LogP contribution in [0.5, 0.6) is 0 Å². The Balaban J connectivity index is 1.75. The summed E-state index contributed by atoms with van der Waals surface area (Å²) in [7, 11) is 0. The zero-order valence-electron chi connectivity index (χ0n) is 19.7. The summed E-state index contributed by atoms with van der Waals surface area (Å²) in [6.07, 6.45) is 16.8. The van der Waals surface area contributed by atoms with Crippen LogP contribution in [0.15, 0.2) is 59.3 Å². The minimum Gasteiger partial charge on any atom is -0.393 e. The number of allylic oxidation sites excluding steroid dienone is 7. The predicted molar refractivity (Wildman–Crippen MR) is 127 cm³/mol. The molecule has 0 spiro atoms. The van der Waals surface area contributed by atoms with Crippen molar-refractivity contribution in [1.29, 1.82) is 0 Å². The van der Waals surface area contributed by atoms with Gasteiger partial charge in [-0.05, 0) is 91.8 Å². The molecular weight excluding hydrogens is 368 g/mol. The molecule has 2 heteroatoms. The average molecular weight is 411 g/mol. The third-order valence-corrected chi connectivity index (χ3v) is 8.42. The first-order valence-electron chi connectivity index (χ1n) is 11.9. The SMILES string of the molecule is C=C(C)[C@@H](C)/C=C/[C@@H](C)C1CCC2C(/C=C\C3=C(C)[C@@H](O)C[C@H](O)C3)=CCC[C@@]21C. The van der Waals surface area contributed by atoms with E-state index in [1.807, 2.05) is 6.92 Å². The van der Waals surface area contributed by atoms with Gasteiger partial charge in [-0.1, -0.05) is 63.3 Å². The topological polar surface area (TPSA) is 40.5 Å². The van der Waals surface area contributed by atoms with Gasteiger partial charge in [0.05, 0.1) is 12.2 Å². The van der Waals surface area contributed by atoms with Crippen molar-refractivity contribution in [3.05, 3.63) is 59.3 Å². The summed E-state index contributed by atoms with van der Waals surface area (Å²) in [5.41, 5.74) is 5.16. The third kappa shape index (κ3) is 4.75. The number of hydrogen-bond donors (Lipinski definition) is 2. The van der Waals surface area contributed by atoms with E-state index in [1.165, 1.54) is 30.4 Å². The maximum absolute atomic E-state index is 10.2. The van der Waals surface area contributed by atoms with E-state index in [4.69, 9.17) is 0 Å². The van der Waals surface area contributed by atoms with Crippen LogP contribution < -0.4 is 0 Å². The van der Waals surface area contributed by atoms with Gasteiger partial charge < -0.3 is 10.2 Å². The molecular formula is C28H42O2. The van der Waals surface area contributed by atoms with Crippen molar-refractivity contribution in [2.45, 2.75) is 85.4 Å². The molecule has 0 amide bonds. The van der Waals surface area contributed by atoms with Crippen molar-refractivity contribution in [3.63, 3.8) is 0 Å². The summed E-state index contributed by atoms with van der Waals surface area (Å²) >= 11 is 0. The van der Waals surface area contributed by atoms with E-state index in [0.717, 1.165) is 17.6 Å². The summed E-state index contributed by atoms with van der Waals surface area (Å²) in [6.45, 7) is 15.3. The van der Waals surface area contributed by atoms with Gasteiger partial charge in [0.1, 0.15) is 0 Å². The summed E-state index contributed by atoms with van der Waals surface area (Å²) in [4.78, 5) is 0. The van der Waals surface area contributed by atoms with Crippen LogP contribution in [0.4, 0.5) is 0 Å². The van der Waals surface area contributed by atoms with Crippen LogP contribution in [0.3, 0.4) is 0 Å². The lowest BCUT2D eigenvalue weighted by atomic mass is 9.62. The van der Waals surface area contributed by atoms with Gasteiger partial charge in [0.25, 0.3) is 0 Å². The normalized spacial score (nSPS) is 36.8. The summed E-state index contributed by atoms with van der Waals surface area (Å²) in [5, 5.41) is 20.2. The fourth-order valence-corrected chi connectivity index (χ4v) is 6.09. The Morgan fingerprint density at radius 3 is 2.63 bits per heavy atom. The molecule has 3 rings (SSSR count). The Labute approximate surface area is 184 Å². The van der Waals surface area contributed by atoms with Gasteiger partial charge in [-0.2, -0.15) is 0 Å². The van der Waals surface area contributed by atoms with Crippen molar-refractivity contribution in [2.24, 2.45) is 29.1 Å². The van der Waals surface area contributed by atoms with Crippen LogP contribution in [0.25, 0.3) is 0 Å². The van der Waals surface area contributed by atoms with Crippen molar-refractivity contribution in [2.75, 3.05) is 0 Å². The molecule has 2 N–H and O–H groups in total. The van der Waals surface area contributed by atoms with E-state index in [-0.39, 0.29) is 0 Å². The molecule has 166 valence electrons. The van der Waals surface area contributed by atoms with E-state index in [1.54, 1.807) is 0 Å². The molecule has 0 aliphatic heterocycles. The summed E-state index contributed by atoms with van der Waals surface area (Å²) < 4.78 is 0. The van der Waals surface area contributed by atoms with E-state index in [2.05, 4.69) is 64.7 Å². The molecule has 0 saturated heterocycles. The first-order chi connectivity index (χ1) is 14.1. The van der Waals surface area contributed by atoms with Crippen LogP contribution in [-0.2, 0) is 0 Å². The predicted octanol–water partition coefficient (Wildman–Crippen LogP) is 6.53. The monoisotopic (exact) mass is 410 g/mol. The largest absolute Gasteiger partial charge is 0.393 e.